The van der Waals surface area contributed by atoms with Crippen molar-refractivity contribution in [2.75, 3.05) is 7.11 Å². The van der Waals surface area contributed by atoms with Crippen molar-refractivity contribution < 1.29 is 14.6 Å². The highest BCUT2D eigenvalue weighted by Crippen LogP contribution is 2.37. The Balaban J connectivity index is 3.48. The van der Waals surface area contributed by atoms with Crippen molar-refractivity contribution in [3.05, 3.63) is 42.8 Å². The third kappa shape index (κ3) is 2.55. The van der Waals surface area contributed by atoms with Crippen LogP contribution in [0.5, 0.6) is 11.5 Å². The molecule has 18 heavy (non-hydrogen) atoms. The fraction of sp³-hybridized carbons (Fsp3) is 0.333. The maximum absolute atomic E-state index is 11.8. The van der Waals surface area contributed by atoms with E-state index in [9.17, 15) is 9.90 Å². The Hall–Kier alpha value is -1.77. The van der Waals surface area contributed by atoms with Crippen LogP contribution in [0, 0.1) is 6.92 Å². The Kier molecular flexibility index (Phi) is 4.17. The first-order valence-electron chi connectivity index (χ1n) is 5.75. The van der Waals surface area contributed by atoms with Gasteiger partial charge in [0, 0.05) is 23.5 Å². The van der Waals surface area contributed by atoms with Gasteiger partial charge < -0.3 is 9.84 Å². The van der Waals surface area contributed by atoms with Crippen LogP contribution in [0.2, 0.25) is 0 Å². The van der Waals surface area contributed by atoms with Gasteiger partial charge in [0.15, 0.2) is 5.78 Å². The molecule has 1 aromatic carbocycles. The fourth-order valence-electron chi connectivity index (χ4n) is 1.72. The standard InChI is InChI=1S/C15H19O3/c1-6-12(16)10-8-11(15(3,4)7-2)13(17)9-14(10)18-5/h7-9,17H,1-2,6H2,3-5H3. The molecule has 1 aromatic rings. The average molecular weight is 247 g/mol. The van der Waals surface area contributed by atoms with Gasteiger partial charge >= 0.3 is 0 Å². The van der Waals surface area contributed by atoms with E-state index in [-0.39, 0.29) is 18.0 Å². The number of Topliss-reactive ketones (excluding diaryl/α,β-unsaturated/α-hetero) is 1. The highest BCUT2D eigenvalue weighted by molar-refractivity contribution is 5.99. The number of hydrogen-bond donors (Lipinski definition) is 1. The molecule has 1 radical (unpaired) electrons. The average Bonchev–Trinajstić information content (AvgIpc) is 2.37. The molecule has 0 amide bonds. The molecule has 0 saturated carbocycles. The Morgan fingerprint density at radius 3 is 2.56 bits per heavy atom. The highest BCUT2D eigenvalue weighted by Gasteiger charge is 2.24. The predicted molar refractivity (Wildman–Crippen MR) is 72.2 cm³/mol. The van der Waals surface area contributed by atoms with Crippen molar-refractivity contribution in [1.82, 2.24) is 0 Å². The molecule has 0 aliphatic heterocycles. The molecule has 3 nitrogen and oxygen atoms in total. The molecule has 97 valence electrons. The minimum absolute atomic E-state index is 0.0948. The summed E-state index contributed by atoms with van der Waals surface area (Å²) in [6.45, 7) is 11.2. The molecule has 0 heterocycles. The molecule has 3 heteroatoms. The van der Waals surface area contributed by atoms with E-state index in [4.69, 9.17) is 4.74 Å². The molecule has 0 fully saturated rings. The van der Waals surface area contributed by atoms with Crippen LogP contribution in [-0.2, 0) is 5.41 Å². The van der Waals surface area contributed by atoms with Crippen molar-refractivity contribution in [1.29, 1.82) is 0 Å². The minimum Gasteiger partial charge on any atom is -0.507 e. The van der Waals surface area contributed by atoms with E-state index >= 15 is 0 Å². The Bertz CT molecular complexity index is 473. The zero-order chi connectivity index (χ0) is 13.9. The molecular formula is C15H19O3. The molecule has 0 aliphatic rings. The smallest absolute Gasteiger partial charge is 0.166 e. The van der Waals surface area contributed by atoms with Crippen molar-refractivity contribution in [3.63, 3.8) is 0 Å². The number of ether oxygens (including phenoxy) is 1. The van der Waals surface area contributed by atoms with Crippen LogP contribution < -0.4 is 4.74 Å². The van der Waals surface area contributed by atoms with Gasteiger partial charge in [0.25, 0.3) is 0 Å². The summed E-state index contributed by atoms with van der Waals surface area (Å²) in [6.07, 6.45) is 1.88. The quantitative estimate of drug-likeness (QED) is 0.641. The van der Waals surface area contributed by atoms with Gasteiger partial charge in [-0.15, -0.1) is 6.58 Å². The third-order valence-corrected chi connectivity index (χ3v) is 3.05. The monoisotopic (exact) mass is 247 g/mol. The maximum Gasteiger partial charge on any atom is 0.166 e. The van der Waals surface area contributed by atoms with E-state index in [1.165, 1.54) is 13.2 Å². The second-order valence-electron chi connectivity index (χ2n) is 4.67. The first kappa shape index (κ1) is 14.3. The molecule has 0 atom stereocenters. The molecule has 0 aliphatic carbocycles. The zero-order valence-electron chi connectivity index (χ0n) is 11.1. The Morgan fingerprint density at radius 2 is 2.11 bits per heavy atom. The topological polar surface area (TPSA) is 46.5 Å². The number of carbonyl (C=O) groups excluding carboxylic acids is 1. The van der Waals surface area contributed by atoms with E-state index in [1.807, 2.05) is 13.8 Å². The number of benzene rings is 1. The van der Waals surface area contributed by atoms with E-state index in [2.05, 4.69) is 13.5 Å². The van der Waals surface area contributed by atoms with Crippen LogP contribution in [0.4, 0.5) is 0 Å². The van der Waals surface area contributed by atoms with Crippen molar-refractivity contribution in [3.8, 4) is 11.5 Å². The lowest BCUT2D eigenvalue weighted by molar-refractivity contribution is 0.0992. The molecule has 0 unspecified atom stereocenters. The first-order chi connectivity index (χ1) is 8.37. The molecule has 0 aromatic heterocycles. The lowest BCUT2D eigenvalue weighted by atomic mass is 9.82. The lowest BCUT2D eigenvalue weighted by Crippen LogP contribution is -2.15. The summed E-state index contributed by atoms with van der Waals surface area (Å²) in [4.78, 5) is 11.8. The van der Waals surface area contributed by atoms with Crippen LogP contribution in [0.3, 0.4) is 0 Å². The molecular weight excluding hydrogens is 228 g/mol. The molecule has 0 bridgehead atoms. The summed E-state index contributed by atoms with van der Waals surface area (Å²) in [6, 6.07) is 3.12. The van der Waals surface area contributed by atoms with Gasteiger partial charge in [-0.2, -0.15) is 0 Å². The Labute approximate surface area is 108 Å². The number of ketones is 1. The van der Waals surface area contributed by atoms with Crippen molar-refractivity contribution in [2.24, 2.45) is 0 Å². The summed E-state index contributed by atoms with van der Waals surface area (Å²) >= 11 is 0. The normalized spacial score (nSPS) is 11.1. The van der Waals surface area contributed by atoms with Crippen LogP contribution >= 0.6 is 0 Å². The number of aromatic hydroxyl groups is 1. The van der Waals surface area contributed by atoms with Crippen LogP contribution in [-0.4, -0.2) is 18.0 Å². The molecule has 0 spiro atoms. The van der Waals surface area contributed by atoms with E-state index in [0.29, 0.717) is 16.9 Å². The molecule has 1 rings (SSSR count). The Morgan fingerprint density at radius 1 is 1.50 bits per heavy atom. The first-order valence-corrected chi connectivity index (χ1v) is 5.75. The van der Waals surface area contributed by atoms with Gasteiger partial charge in [-0.05, 0) is 13.0 Å². The largest absolute Gasteiger partial charge is 0.507 e. The second kappa shape index (κ2) is 5.25. The summed E-state index contributed by atoms with van der Waals surface area (Å²) in [5.41, 5.74) is 0.664. The maximum atomic E-state index is 11.8. The number of rotatable bonds is 5. The van der Waals surface area contributed by atoms with Crippen LogP contribution in [0.15, 0.2) is 24.8 Å². The van der Waals surface area contributed by atoms with Crippen molar-refractivity contribution in [2.45, 2.75) is 25.7 Å². The van der Waals surface area contributed by atoms with Gasteiger partial charge in [0.05, 0.1) is 12.7 Å². The van der Waals surface area contributed by atoms with Gasteiger partial charge in [-0.3, -0.25) is 4.79 Å². The summed E-state index contributed by atoms with van der Waals surface area (Å²) in [5.74, 6) is 0.343. The highest BCUT2D eigenvalue weighted by atomic mass is 16.5. The van der Waals surface area contributed by atoms with Crippen molar-refractivity contribution >= 4 is 5.78 Å². The minimum atomic E-state index is -0.424. The number of hydrogen-bond acceptors (Lipinski definition) is 3. The lowest BCUT2D eigenvalue weighted by Gasteiger charge is -2.23. The zero-order valence-corrected chi connectivity index (χ0v) is 11.1. The van der Waals surface area contributed by atoms with Crippen LogP contribution in [0.1, 0.15) is 36.2 Å². The van der Waals surface area contributed by atoms with Gasteiger partial charge in [0.2, 0.25) is 0 Å². The van der Waals surface area contributed by atoms with E-state index in [0.717, 1.165) is 0 Å². The predicted octanol–water partition coefficient (Wildman–Crippen LogP) is 3.27. The number of phenols is 1. The number of allylic oxidation sites excluding steroid dienone is 1. The third-order valence-electron chi connectivity index (χ3n) is 3.05. The van der Waals surface area contributed by atoms with Crippen LogP contribution in [0.25, 0.3) is 0 Å². The van der Waals surface area contributed by atoms with Gasteiger partial charge in [-0.1, -0.05) is 19.9 Å². The van der Waals surface area contributed by atoms with Gasteiger partial charge in [0.1, 0.15) is 11.5 Å². The SMILES string of the molecule is [CH2]CC(=O)c1cc(C(C)(C)C=C)c(O)cc1OC. The molecule has 0 saturated heterocycles. The second-order valence-corrected chi connectivity index (χ2v) is 4.67. The number of carbonyl (C=O) groups is 1. The number of phenolic OH excluding ortho intramolecular Hbond substituents is 1. The summed E-state index contributed by atoms with van der Waals surface area (Å²) in [5, 5.41) is 10.0. The van der Waals surface area contributed by atoms with Gasteiger partial charge in [-0.25, -0.2) is 0 Å². The molecule has 1 N–H and O–H groups in total. The summed E-state index contributed by atoms with van der Waals surface area (Å²) in [7, 11) is 1.47. The van der Waals surface area contributed by atoms with E-state index < -0.39 is 5.41 Å². The summed E-state index contributed by atoms with van der Waals surface area (Å²) < 4.78 is 5.12. The van der Waals surface area contributed by atoms with E-state index in [1.54, 1.807) is 12.1 Å². The number of methoxy groups -OCH3 is 1. The fourth-order valence-corrected chi connectivity index (χ4v) is 1.72.